The number of nitrogens with one attached hydrogen (secondary N) is 1. The Morgan fingerprint density at radius 1 is 1.36 bits per heavy atom. The quantitative estimate of drug-likeness (QED) is 0.143. The zero-order chi connectivity index (χ0) is 11.0. The van der Waals surface area contributed by atoms with Gasteiger partial charge in [0.25, 0.3) is 0 Å². The van der Waals surface area contributed by atoms with E-state index in [4.69, 9.17) is 22.9 Å². The SMILES string of the molecule is C/C(C=NCNC(N)N)=N\N=C(N)N. The van der Waals surface area contributed by atoms with E-state index in [-0.39, 0.29) is 5.96 Å². The van der Waals surface area contributed by atoms with Gasteiger partial charge in [-0.3, -0.25) is 10.3 Å². The summed E-state index contributed by atoms with van der Waals surface area (Å²) in [5.74, 6) is -0.0974. The molecule has 8 heteroatoms. The molecule has 80 valence electrons. The molecule has 0 radical (unpaired) electrons. The van der Waals surface area contributed by atoms with Crippen LogP contribution in [-0.4, -0.2) is 30.8 Å². The van der Waals surface area contributed by atoms with E-state index in [0.29, 0.717) is 12.4 Å². The summed E-state index contributed by atoms with van der Waals surface area (Å²) in [5.41, 5.74) is 21.1. The topological polar surface area (TPSA) is 153 Å². The number of hydrogen-bond donors (Lipinski definition) is 5. The number of rotatable bonds is 5. The summed E-state index contributed by atoms with van der Waals surface area (Å²) in [7, 11) is 0. The highest BCUT2D eigenvalue weighted by Gasteiger charge is 1.88. The maximum atomic E-state index is 5.22. The molecule has 0 rings (SSSR count). The Kier molecular flexibility index (Phi) is 6.20. The predicted molar refractivity (Wildman–Crippen MR) is 57.6 cm³/mol. The van der Waals surface area contributed by atoms with Crippen molar-refractivity contribution in [2.24, 2.45) is 38.1 Å². The minimum atomic E-state index is -0.581. The monoisotopic (exact) mass is 200 g/mol. The molecule has 0 aliphatic rings. The van der Waals surface area contributed by atoms with E-state index in [1.54, 1.807) is 6.92 Å². The molecule has 14 heavy (non-hydrogen) atoms. The molecule has 0 aliphatic carbocycles. The molecule has 8 nitrogen and oxygen atoms in total. The number of guanidine groups is 1. The summed E-state index contributed by atoms with van der Waals surface area (Å²) in [4.78, 5) is 3.91. The predicted octanol–water partition coefficient (Wildman–Crippen LogP) is -2.55. The summed E-state index contributed by atoms with van der Waals surface area (Å²) in [6.45, 7) is 2.02. The molecule has 0 saturated heterocycles. The van der Waals surface area contributed by atoms with E-state index in [9.17, 15) is 0 Å². The summed E-state index contributed by atoms with van der Waals surface area (Å²) in [6, 6.07) is 0. The van der Waals surface area contributed by atoms with Crippen molar-refractivity contribution in [2.75, 3.05) is 6.67 Å². The molecule has 0 aromatic carbocycles. The van der Waals surface area contributed by atoms with Crippen LogP contribution in [-0.2, 0) is 0 Å². The Labute approximate surface area is 82.1 Å². The van der Waals surface area contributed by atoms with Gasteiger partial charge >= 0.3 is 0 Å². The maximum Gasteiger partial charge on any atom is 0.211 e. The van der Waals surface area contributed by atoms with Crippen molar-refractivity contribution in [3.05, 3.63) is 0 Å². The first-order chi connectivity index (χ1) is 6.52. The van der Waals surface area contributed by atoms with Gasteiger partial charge in [-0.1, -0.05) is 0 Å². The molecule has 0 aliphatic heterocycles. The Bertz CT molecular complexity index is 236. The number of aliphatic imine (C=N–C) groups is 1. The van der Waals surface area contributed by atoms with E-state index < -0.39 is 6.29 Å². The molecule has 0 amide bonds. The molecule has 0 saturated carbocycles. The van der Waals surface area contributed by atoms with E-state index in [1.165, 1.54) is 6.21 Å². The van der Waals surface area contributed by atoms with Crippen LogP contribution >= 0.6 is 0 Å². The van der Waals surface area contributed by atoms with Crippen molar-refractivity contribution < 1.29 is 0 Å². The second-order valence-electron chi connectivity index (χ2n) is 2.47. The lowest BCUT2D eigenvalue weighted by Crippen LogP contribution is -2.45. The van der Waals surface area contributed by atoms with E-state index >= 15 is 0 Å². The van der Waals surface area contributed by atoms with Crippen molar-refractivity contribution in [3.8, 4) is 0 Å². The van der Waals surface area contributed by atoms with Crippen LogP contribution in [0, 0.1) is 0 Å². The van der Waals surface area contributed by atoms with Gasteiger partial charge in [0.2, 0.25) is 5.96 Å². The normalized spacial score (nSPS) is 12.4. The molecule has 0 atom stereocenters. The van der Waals surface area contributed by atoms with Gasteiger partial charge in [0, 0.05) is 6.21 Å². The largest absolute Gasteiger partial charge is 0.369 e. The van der Waals surface area contributed by atoms with Crippen LogP contribution in [0.4, 0.5) is 0 Å². The molecular weight excluding hydrogens is 184 g/mol. The number of hydrogen-bond acceptors (Lipinski definition) is 6. The van der Waals surface area contributed by atoms with Gasteiger partial charge < -0.3 is 22.9 Å². The van der Waals surface area contributed by atoms with Crippen molar-refractivity contribution in [3.63, 3.8) is 0 Å². The second kappa shape index (κ2) is 6.95. The molecule has 0 aromatic heterocycles. The number of nitrogens with two attached hydrogens (primary N) is 4. The Morgan fingerprint density at radius 2 is 2.00 bits per heavy atom. The van der Waals surface area contributed by atoms with Crippen molar-refractivity contribution in [1.29, 1.82) is 0 Å². The Hall–Kier alpha value is -1.51. The van der Waals surface area contributed by atoms with E-state index in [1.807, 2.05) is 0 Å². The summed E-state index contributed by atoms with van der Waals surface area (Å²) < 4.78 is 0. The standard InChI is InChI=1S/C6H16N8/c1-4(13-14-6(9)10)2-11-3-12-5(7)8/h2,5,12H,3,7-8H2,1H3,(H4,9,10,14)/b11-2?,13-4+. The zero-order valence-electron chi connectivity index (χ0n) is 8.01. The van der Waals surface area contributed by atoms with Crippen molar-refractivity contribution in [2.45, 2.75) is 13.2 Å². The van der Waals surface area contributed by atoms with Gasteiger partial charge in [-0.25, -0.2) is 0 Å². The summed E-state index contributed by atoms with van der Waals surface area (Å²) >= 11 is 0. The molecule has 0 unspecified atom stereocenters. The first-order valence-electron chi connectivity index (χ1n) is 3.90. The van der Waals surface area contributed by atoms with Crippen molar-refractivity contribution in [1.82, 2.24) is 5.32 Å². The lowest BCUT2D eigenvalue weighted by molar-refractivity contribution is 0.559. The summed E-state index contributed by atoms with van der Waals surface area (Å²) in [6.07, 6.45) is 0.920. The fourth-order valence-corrected chi connectivity index (χ4v) is 0.498. The van der Waals surface area contributed by atoms with Crippen LogP contribution in [0.3, 0.4) is 0 Å². The molecule has 0 fully saturated rings. The summed E-state index contributed by atoms with van der Waals surface area (Å²) in [5, 5.41) is 9.78. The van der Waals surface area contributed by atoms with Crippen LogP contribution in [0.15, 0.2) is 15.2 Å². The zero-order valence-corrected chi connectivity index (χ0v) is 8.01. The van der Waals surface area contributed by atoms with Gasteiger partial charge in [-0.2, -0.15) is 5.10 Å². The Balaban J connectivity index is 3.87. The van der Waals surface area contributed by atoms with Gasteiger partial charge in [-0.15, -0.1) is 5.10 Å². The Morgan fingerprint density at radius 3 is 2.50 bits per heavy atom. The van der Waals surface area contributed by atoms with Crippen LogP contribution in [0.25, 0.3) is 0 Å². The fraction of sp³-hybridized carbons (Fsp3) is 0.500. The second-order valence-corrected chi connectivity index (χ2v) is 2.47. The smallest absolute Gasteiger partial charge is 0.211 e. The van der Waals surface area contributed by atoms with Gasteiger partial charge in [0.1, 0.15) is 6.29 Å². The van der Waals surface area contributed by atoms with Crippen LogP contribution in [0.5, 0.6) is 0 Å². The molecule has 9 N–H and O–H groups in total. The van der Waals surface area contributed by atoms with Crippen LogP contribution in [0.2, 0.25) is 0 Å². The van der Waals surface area contributed by atoms with Crippen molar-refractivity contribution >= 4 is 17.9 Å². The minimum absolute atomic E-state index is 0.0974. The van der Waals surface area contributed by atoms with E-state index in [2.05, 4.69) is 20.5 Å². The van der Waals surface area contributed by atoms with Gasteiger partial charge in [0.05, 0.1) is 12.4 Å². The average molecular weight is 200 g/mol. The van der Waals surface area contributed by atoms with Crippen LogP contribution in [0.1, 0.15) is 6.92 Å². The molecule has 0 bridgehead atoms. The number of nitrogens with zero attached hydrogens (tertiary/aromatic N) is 3. The highest BCUT2D eigenvalue weighted by Crippen LogP contribution is 1.75. The third-order valence-corrected chi connectivity index (χ3v) is 1.02. The fourth-order valence-electron chi connectivity index (χ4n) is 0.498. The van der Waals surface area contributed by atoms with Gasteiger partial charge in [0.15, 0.2) is 0 Å². The highest BCUT2D eigenvalue weighted by atomic mass is 15.3. The molecule has 0 spiro atoms. The third kappa shape index (κ3) is 8.59. The minimum Gasteiger partial charge on any atom is -0.369 e. The first kappa shape index (κ1) is 12.5. The maximum absolute atomic E-state index is 5.22. The average Bonchev–Trinajstić information content (AvgIpc) is 2.08. The lowest BCUT2D eigenvalue weighted by Gasteiger charge is -2.03. The molecule has 0 heterocycles. The van der Waals surface area contributed by atoms with Crippen LogP contribution < -0.4 is 28.3 Å². The van der Waals surface area contributed by atoms with E-state index in [0.717, 1.165) is 0 Å². The molecule has 0 aromatic rings. The van der Waals surface area contributed by atoms with Gasteiger partial charge in [-0.05, 0) is 6.92 Å². The third-order valence-electron chi connectivity index (χ3n) is 1.02. The lowest BCUT2D eigenvalue weighted by atomic mass is 10.5. The first-order valence-corrected chi connectivity index (χ1v) is 3.90. The molecular formula is C6H16N8. The highest BCUT2D eigenvalue weighted by molar-refractivity contribution is 6.29.